The highest BCUT2D eigenvalue weighted by Crippen LogP contribution is 2.12. The van der Waals surface area contributed by atoms with Crippen molar-refractivity contribution in [3.05, 3.63) is 71.8 Å². The van der Waals surface area contributed by atoms with Gasteiger partial charge in [-0.2, -0.15) is 10.2 Å². The van der Waals surface area contributed by atoms with Crippen LogP contribution in [0.2, 0.25) is 0 Å². The number of ether oxygens (including phenoxy) is 2. The van der Waals surface area contributed by atoms with Crippen LogP contribution < -0.4 is 20.3 Å². The fraction of sp³-hybridized carbons (Fsp3) is 0.0952. The van der Waals surface area contributed by atoms with Gasteiger partial charge >= 0.3 is 0 Å². The lowest BCUT2D eigenvalue weighted by Gasteiger charge is -2.00. The van der Waals surface area contributed by atoms with Crippen LogP contribution >= 0.6 is 11.8 Å². The summed E-state index contributed by atoms with van der Waals surface area (Å²) < 4.78 is 13.7. The first-order valence-corrected chi connectivity index (χ1v) is 8.97. The van der Waals surface area contributed by atoms with E-state index in [2.05, 4.69) is 25.6 Å². The summed E-state index contributed by atoms with van der Waals surface area (Å²) in [4.78, 5) is 0. The van der Waals surface area contributed by atoms with E-state index in [-0.39, 0.29) is 5.96 Å². The van der Waals surface area contributed by atoms with Gasteiger partial charge in [-0.15, -0.1) is 4.51 Å². The van der Waals surface area contributed by atoms with Crippen molar-refractivity contribution in [2.45, 2.75) is 0 Å². The molecule has 0 radical (unpaired) electrons. The van der Waals surface area contributed by atoms with Crippen LogP contribution in [0.1, 0.15) is 11.1 Å². The number of methoxy groups -OCH3 is 2. The van der Waals surface area contributed by atoms with Crippen molar-refractivity contribution in [3.63, 3.8) is 0 Å². The number of allylic oxidation sites excluding steroid dienone is 2. The number of hydrogen-bond acceptors (Lipinski definition) is 5. The molecule has 0 atom stereocenters. The second-order valence-corrected chi connectivity index (χ2v) is 5.65. The summed E-state index contributed by atoms with van der Waals surface area (Å²) in [6, 6.07) is 15.3. The van der Waals surface area contributed by atoms with Gasteiger partial charge in [0.15, 0.2) is 0 Å². The zero-order valence-electron chi connectivity index (χ0n) is 16.1. The first-order chi connectivity index (χ1) is 14.2. The summed E-state index contributed by atoms with van der Waals surface area (Å²) >= 11 is 5.50. The lowest BCUT2D eigenvalue weighted by Crippen LogP contribution is -2.29. The van der Waals surface area contributed by atoms with E-state index in [1.807, 2.05) is 60.7 Å². The zero-order valence-corrected chi connectivity index (χ0v) is 16.9. The molecule has 0 aliphatic carbocycles. The van der Waals surface area contributed by atoms with Gasteiger partial charge in [0.25, 0.3) is 0 Å². The van der Waals surface area contributed by atoms with Gasteiger partial charge in [0.1, 0.15) is 11.5 Å². The summed E-state index contributed by atoms with van der Waals surface area (Å²) in [5, 5.41) is 7.97. The zero-order chi connectivity index (χ0) is 20.7. The summed E-state index contributed by atoms with van der Waals surface area (Å²) in [6.07, 6.45) is 10.5. The Labute approximate surface area is 175 Å². The first-order valence-electron chi connectivity index (χ1n) is 8.63. The van der Waals surface area contributed by atoms with Gasteiger partial charge in [-0.25, -0.2) is 10.9 Å². The van der Waals surface area contributed by atoms with Crippen LogP contribution in [0.5, 0.6) is 11.5 Å². The molecule has 0 heterocycles. The largest absolute Gasteiger partial charge is 0.497 e. The maximum atomic E-state index is 5.50. The molecule has 2 aromatic rings. The Morgan fingerprint density at radius 3 is 1.52 bits per heavy atom. The van der Waals surface area contributed by atoms with Crippen molar-refractivity contribution in [1.82, 2.24) is 10.9 Å². The van der Waals surface area contributed by atoms with Crippen LogP contribution in [0, 0.1) is 0 Å². The molecule has 2 rings (SSSR count). The molecular weight excluding hydrogens is 390 g/mol. The molecule has 0 aliphatic heterocycles. The second-order valence-electron chi connectivity index (χ2n) is 5.48. The van der Waals surface area contributed by atoms with Crippen molar-refractivity contribution < 1.29 is 9.47 Å². The number of hydrazone groups is 2. The summed E-state index contributed by atoms with van der Waals surface area (Å²) in [6.45, 7) is 0. The highest BCUT2D eigenvalue weighted by molar-refractivity contribution is 6.19. The molecule has 0 bridgehead atoms. The molecule has 150 valence electrons. The van der Waals surface area contributed by atoms with Crippen molar-refractivity contribution >= 4 is 42.3 Å². The van der Waals surface area contributed by atoms with E-state index in [1.54, 1.807) is 38.8 Å². The van der Waals surface area contributed by atoms with Gasteiger partial charge in [-0.05, 0) is 47.5 Å². The third-order valence-electron chi connectivity index (χ3n) is 3.56. The smallest absolute Gasteiger partial charge is 0.250 e. The maximum absolute atomic E-state index is 5.50. The summed E-state index contributed by atoms with van der Waals surface area (Å²) in [7, 11) is 3.27. The third kappa shape index (κ3) is 8.32. The molecule has 7 nitrogen and oxygen atoms in total. The molecule has 0 amide bonds. The topological polar surface area (TPSA) is 79.6 Å². The average Bonchev–Trinajstić information content (AvgIpc) is 2.78. The lowest BCUT2D eigenvalue weighted by atomic mass is 10.2. The molecule has 0 saturated heterocycles. The summed E-state index contributed by atoms with van der Waals surface area (Å²) in [5.74, 6) is 1.81. The lowest BCUT2D eigenvalue weighted by molar-refractivity contribution is 0.414. The van der Waals surface area contributed by atoms with E-state index < -0.39 is 0 Å². The SMILES string of the molecule is COc1ccc(/C=C/C=N/NC(=NCl)N/N=C/C=C/c2ccc(OC)cc2)cc1. The van der Waals surface area contributed by atoms with E-state index in [9.17, 15) is 0 Å². The molecular formula is C21H22ClN5O2. The number of nitrogens with zero attached hydrogens (tertiary/aromatic N) is 3. The van der Waals surface area contributed by atoms with E-state index in [0.29, 0.717) is 0 Å². The Bertz CT molecular complexity index is 817. The summed E-state index contributed by atoms with van der Waals surface area (Å²) in [5.41, 5.74) is 7.34. The van der Waals surface area contributed by atoms with E-state index >= 15 is 0 Å². The Morgan fingerprint density at radius 1 is 0.759 bits per heavy atom. The van der Waals surface area contributed by atoms with Crippen molar-refractivity contribution in [3.8, 4) is 11.5 Å². The highest BCUT2D eigenvalue weighted by Gasteiger charge is 1.92. The average molecular weight is 412 g/mol. The van der Waals surface area contributed by atoms with Crippen molar-refractivity contribution in [2.75, 3.05) is 14.2 Å². The molecule has 2 aromatic carbocycles. The van der Waals surface area contributed by atoms with Crippen LogP contribution in [0.4, 0.5) is 0 Å². The standard InChI is InChI=1S/C21H22ClN5O2/c1-28-19-11-7-17(8-12-19)5-3-15-23-26-21(25-22)27-24-16-4-6-18-9-13-20(29-2)14-10-18/h3-16H,1-2H3,(H2,25,26,27)/b5-3+,6-4+,23-15+,24-16+. The molecule has 8 heteroatoms. The van der Waals surface area contributed by atoms with E-state index in [1.165, 1.54) is 0 Å². The fourth-order valence-electron chi connectivity index (χ4n) is 2.08. The number of halogens is 1. The molecule has 29 heavy (non-hydrogen) atoms. The van der Waals surface area contributed by atoms with E-state index in [0.717, 1.165) is 22.6 Å². The number of rotatable bonds is 8. The Morgan fingerprint density at radius 2 is 1.17 bits per heavy atom. The van der Waals surface area contributed by atoms with Crippen molar-refractivity contribution in [1.29, 1.82) is 0 Å². The van der Waals surface area contributed by atoms with Crippen LogP contribution in [0.3, 0.4) is 0 Å². The van der Waals surface area contributed by atoms with Gasteiger partial charge < -0.3 is 9.47 Å². The van der Waals surface area contributed by atoms with Crippen molar-refractivity contribution in [2.24, 2.45) is 14.7 Å². The van der Waals surface area contributed by atoms with Crippen LogP contribution in [0.15, 0.2) is 75.4 Å². The minimum Gasteiger partial charge on any atom is -0.497 e. The van der Waals surface area contributed by atoms with Gasteiger partial charge in [0.05, 0.1) is 14.2 Å². The van der Waals surface area contributed by atoms with Crippen LogP contribution in [0.25, 0.3) is 12.2 Å². The Kier molecular flexibility index (Phi) is 9.54. The second kappa shape index (κ2) is 12.7. The van der Waals surface area contributed by atoms with Gasteiger partial charge in [-0.1, -0.05) is 36.4 Å². The molecule has 0 aliphatic rings. The van der Waals surface area contributed by atoms with Crippen LogP contribution in [-0.2, 0) is 0 Å². The minimum absolute atomic E-state index is 0.190. The third-order valence-corrected chi connectivity index (χ3v) is 3.72. The number of guanidine groups is 1. The normalized spacial score (nSPS) is 11.4. The predicted molar refractivity (Wildman–Crippen MR) is 121 cm³/mol. The predicted octanol–water partition coefficient (Wildman–Crippen LogP) is 4.09. The molecule has 2 N–H and O–H groups in total. The first kappa shape index (κ1) is 21.7. The molecule has 0 aromatic heterocycles. The van der Waals surface area contributed by atoms with Gasteiger partial charge in [0.2, 0.25) is 5.96 Å². The molecule has 0 fully saturated rings. The molecule has 0 unspecified atom stereocenters. The Balaban J connectivity index is 1.74. The molecule has 0 saturated carbocycles. The van der Waals surface area contributed by atoms with Crippen LogP contribution in [-0.4, -0.2) is 32.6 Å². The Hall–Kier alpha value is -3.58. The maximum Gasteiger partial charge on any atom is 0.250 e. The fourth-order valence-corrected chi connectivity index (χ4v) is 2.16. The van der Waals surface area contributed by atoms with Gasteiger partial charge in [-0.3, -0.25) is 0 Å². The monoisotopic (exact) mass is 411 g/mol. The quantitative estimate of drug-likeness (QED) is 0.389. The number of nitrogens with one attached hydrogen (secondary N) is 2. The number of benzene rings is 2. The number of hydrogen-bond donors (Lipinski definition) is 2. The highest BCUT2D eigenvalue weighted by atomic mass is 35.5. The van der Waals surface area contributed by atoms with Gasteiger partial charge in [0, 0.05) is 24.2 Å². The molecule has 0 spiro atoms. The van der Waals surface area contributed by atoms with E-state index in [4.69, 9.17) is 21.3 Å². The minimum atomic E-state index is 0.190.